The Balaban J connectivity index is 1.58. The van der Waals surface area contributed by atoms with E-state index in [1.165, 1.54) is 90.4 Å². The fraction of sp³-hybridized carbons (Fsp3) is 1.00. The first kappa shape index (κ1) is 24.2. The molecule has 0 aromatic carbocycles. The molecule has 1 saturated heterocycles. The Bertz CT molecular complexity index is 417. The molecule has 2 atom stereocenters. The van der Waals surface area contributed by atoms with Gasteiger partial charge in [0, 0.05) is 31.2 Å². The highest BCUT2D eigenvalue weighted by molar-refractivity contribution is 4.92. The minimum atomic E-state index is 0.320. The standard InChI is InChI=1S/C25H50N2O/c1-7-11-22(4)28-24-15-13-23(14-16-24)12-9-10-17-26-18-19-27(21(3)8-2)25(5,6)20-26/h21-24H,7-20H2,1-6H3. The minimum absolute atomic E-state index is 0.320. The van der Waals surface area contributed by atoms with Gasteiger partial charge in [0.25, 0.3) is 0 Å². The Morgan fingerprint density at radius 3 is 2.32 bits per heavy atom. The van der Waals surface area contributed by atoms with Crippen molar-refractivity contribution in [3.05, 3.63) is 0 Å². The highest BCUT2D eigenvalue weighted by Crippen LogP contribution is 2.31. The number of nitrogens with zero attached hydrogens (tertiary/aromatic N) is 2. The normalized spacial score (nSPS) is 28.9. The van der Waals surface area contributed by atoms with Crippen molar-refractivity contribution in [2.24, 2.45) is 5.92 Å². The average molecular weight is 395 g/mol. The van der Waals surface area contributed by atoms with Gasteiger partial charge in [0.2, 0.25) is 0 Å². The molecule has 166 valence electrons. The maximum atomic E-state index is 6.23. The Morgan fingerprint density at radius 2 is 1.71 bits per heavy atom. The minimum Gasteiger partial charge on any atom is -0.375 e. The van der Waals surface area contributed by atoms with Gasteiger partial charge in [-0.05, 0) is 85.1 Å². The van der Waals surface area contributed by atoms with Crippen molar-refractivity contribution in [3.8, 4) is 0 Å². The first-order valence-electron chi connectivity index (χ1n) is 12.5. The van der Waals surface area contributed by atoms with Crippen LogP contribution in [-0.2, 0) is 4.74 Å². The summed E-state index contributed by atoms with van der Waals surface area (Å²) in [6, 6.07) is 0.709. The van der Waals surface area contributed by atoms with Gasteiger partial charge < -0.3 is 9.64 Å². The summed E-state index contributed by atoms with van der Waals surface area (Å²) in [4.78, 5) is 5.45. The number of unbranched alkanes of at least 4 members (excludes halogenated alkanes) is 1. The van der Waals surface area contributed by atoms with E-state index in [4.69, 9.17) is 4.74 Å². The van der Waals surface area contributed by atoms with Crippen LogP contribution >= 0.6 is 0 Å². The average Bonchev–Trinajstić information content (AvgIpc) is 2.65. The van der Waals surface area contributed by atoms with E-state index in [-0.39, 0.29) is 0 Å². The lowest BCUT2D eigenvalue weighted by molar-refractivity contribution is -0.0322. The van der Waals surface area contributed by atoms with E-state index in [1.54, 1.807) is 0 Å². The van der Waals surface area contributed by atoms with E-state index in [0.717, 1.165) is 5.92 Å². The van der Waals surface area contributed by atoms with Gasteiger partial charge in [-0.1, -0.05) is 33.1 Å². The van der Waals surface area contributed by atoms with E-state index in [9.17, 15) is 0 Å². The number of rotatable bonds is 11. The summed E-state index contributed by atoms with van der Waals surface area (Å²) >= 11 is 0. The van der Waals surface area contributed by atoms with Crippen molar-refractivity contribution in [1.29, 1.82) is 0 Å². The molecule has 0 bridgehead atoms. The highest BCUT2D eigenvalue weighted by atomic mass is 16.5. The van der Waals surface area contributed by atoms with E-state index in [2.05, 4.69) is 51.3 Å². The largest absolute Gasteiger partial charge is 0.375 e. The van der Waals surface area contributed by atoms with Crippen LogP contribution in [0.15, 0.2) is 0 Å². The number of hydrogen-bond acceptors (Lipinski definition) is 3. The smallest absolute Gasteiger partial charge is 0.0579 e. The van der Waals surface area contributed by atoms with Crippen LogP contribution in [0.3, 0.4) is 0 Å². The quantitative estimate of drug-likeness (QED) is 0.393. The molecule has 0 amide bonds. The molecule has 0 aromatic heterocycles. The second kappa shape index (κ2) is 11.9. The Kier molecular flexibility index (Phi) is 10.3. The molecule has 0 aromatic rings. The van der Waals surface area contributed by atoms with Gasteiger partial charge in [0.1, 0.15) is 0 Å². The number of ether oxygens (including phenoxy) is 1. The van der Waals surface area contributed by atoms with Crippen molar-refractivity contribution < 1.29 is 4.74 Å². The molecule has 3 heteroatoms. The third-order valence-electron chi connectivity index (χ3n) is 7.42. The van der Waals surface area contributed by atoms with Crippen LogP contribution in [0.1, 0.15) is 106 Å². The summed E-state index contributed by atoms with van der Waals surface area (Å²) in [7, 11) is 0. The predicted molar refractivity (Wildman–Crippen MR) is 122 cm³/mol. The van der Waals surface area contributed by atoms with Gasteiger partial charge in [-0.2, -0.15) is 0 Å². The molecule has 3 nitrogen and oxygen atoms in total. The lowest BCUT2D eigenvalue weighted by Crippen LogP contribution is -2.61. The van der Waals surface area contributed by atoms with Gasteiger partial charge in [0.05, 0.1) is 12.2 Å². The van der Waals surface area contributed by atoms with Crippen LogP contribution in [0.25, 0.3) is 0 Å². The molecule has 0 spiro atoms. The van der Waals surface area contributed by atoms with Gasteiger partial charge >= 0.3 is 0 Å². The van der Waals surface area contributed by atoms with Crippen LogP contribution in [0.5, 0.6) is 0 Å². The molecule has 2 fully saturated rings. The Hall–Kier alpha value is -0.120. The van der Waals surface area contributed by atoms with E-state index >= 15 is 0 Å². The van der Waals surface area contributed by atoms with Crippen molar-refractivity contribution in [3.63, 3.8) is 0 Å². The zero-order chi connectivity index (χ0) is 20.6. The van der Waals surface area contributed by atoms with Crippen LogP contribution in [0, 0.1) is 5.92 Å². The summed E-state index contributed by atoms with van der Waals surface area (Å²) in [5, 5.41) is 0. The molecular weight excluding hydrogens is 344 g/mol. The number of piperazine rings is 1. The second-order valence-corrected chi connectivity index (χ2v) is 10.4. The van der Waals surface area contributed by atoms with Gasteiger partial charge in [0.15, 0.2) is 0 Å². The fourth-order valence-corrected chi connectivity index (χ4v) is 5.63. The molecule has 2 unspecified atom stereocenters. The maximum absolute atomic E-state index is 6.23. The first-order valence-corrected chi connectivity index (χ1v) is 12.5. The Morgan fingerprint density at radius 1 is 1.00 bits per heavy atom. The second-order valence-electron chi connectivity index (χ2n) is 10.4. The summed E-state index contributed by atoms with van der Waals surface area (Å²) in [5.74, 6) is 0.958. The lowest BCUT2D eigenvalue weighted by Gasteiger charge is -2.50. The monoisotopic (exact) mass is 394 g/mol. The van der Waals surface area contributed by atoms with Gasteiger partial charge in [-0.25, -0.2) is 0 Å². The lowest BCUT2D eigenvalue weighted by atomic mass is 9.84. The SMILES string of the molecule is CCCC(C)OC1CCC(CCCCN2CCN(C(C)CC)C(C)(C)C2)CC1. The topological polar surface area (TPSA) is 15.7 Å². The van der Waals surface area contributed by atoms with Crippen molar-refractivity contribution in [1.82, 2.24) is 9.80 Å². The summed E-state index contributed by atoms with van der Waals surface area (Å²) < 4.78 is 6.23. The molecule has 0 radical (unpaired) electrons. The fourth-order valence-electron chi connectivity index (χ4n) is 5.63. The predicted octanol–water partition coefficient (Wildman–Crippen LogP) is 6.12. The first-order chi connectivity index (χ1) is 13.4. The van der Waals surface area contributed by atoms with Crippen LogP contribution in [-0.4, -0.2) is 59.8 Å². The third-order valence-corrected chi connectivity index (χ3v) is 7.42. The molecule has 2 rings (SSSR count). The summed E-state index contributed by atoms with van der Waals surface area (Å²) in [6.07, 6.45) is 14.3. The zero-order valence-corrected chi connectivity index (χ0v) is 20.0. The molecule has 28 heavy (non-hydrogen) atoms. The van der Waals surface area contributed by atoms with E-state index in [1.807, 2.05) is 0 Å². The summed E-state index contributed by atoms with van der Waals surface area (Å²) in [5.41, 5.74) is 0.320. The molecular formula is C25H50N2O. The Labute approximate surface area is 176 Å². The number of hydrogen-bond donors (Lipinski definition) is 0. The molecule has 1 aliphatic heterocycles. The summed E-state index contributed by atoms with van der Waals surface area (Å²) in [6.45, 7) is 19.1. The molecule has 0 N–H and O–H groups in total. The molecule has 1 saturated carbocycles. The van der Waals surface area contributed by atoms with E-state index < -0.39 is 0 Å². The van der Waals surface area contributed by atoms with Crippen molar-refractivity contribution in [2.75, 3.05) is 26.2 Å². The molecule has 2 aliphatic rings. The van der Waals surface area contributed by atoms with Gasteiger partial charge in [-0.15, -0.1) is 0 Å². The molecule has 1 aliphatic carbocycles. The van der Waals surface area contributed by atoms with Crippen molar-refractivity contribution >= 4 is 0 Å². The van der Waals surface area contributed by atoms with Crippen LogP contribution in [0.4, 0.5) is 0 Å². The zero-order valence-electron chi connectivity index (χ0n) is 20.0. The van der Waals surface area contributed by atoms with Crippen molar-refractivity contribution in [2.45, 2.75) is 130 Å². The van der Waals surface area contributed by atoms with Crippen LogP contribution in [0.2, 0.25) is 0 Å². The third kappa shape index (κ3) is 7.61. The van der Waals surface area contributed by atoms with E-state index in [0.29, 0.717) is 23.8 Å². The molecule has 1 heterocycles. The highest BCUT2D eigenvalue weighted by Gasteiger charge is 2.35. The van der Waals surface area contributed by atoms with Gasteiger partial charge in [-0.3, -0.25) is 4.90 Å². The van der Waals surface area contributed by atoms with Crippen LogP contribution < -0.4 is 0 Å². The maximum Gasteiger partial charge on any atom is 0.0579 e.